The van der Waals surface area contributed by atoms with Crippen LogP contribution in [0.5, 0.6) is 5.75 Å². The maximum Gasteiger partial charge on any atom is 0.255 e. The first kappa shape index (κ1) is 25.2. The minimum atomic E-state index is -0.355. The second kappa shape index (κ2) is 12.2. The van der Waals surface area contributed by atoms with Crippen molar-refractivity contribution in [3.05, 3.63) is 130 Å². The number of rotatable bonds is 10. The number of nitrogens with one attached hydrogen (secondary N) is 1. The molecule has 36 heavy (non-hydrogen) atoms. The van der Waals surface area contributed by atoms with E-state index < -0.39 is 0 Å². The molecule has 4 aromatic rings. The average molecular weight is 500 g/mol. The van der Waals surface area contributed by atoms with Gasteiger partial charge in [-0.2, -0.15) is 0 Å². The number of amides is 1. The fraction of sp³-hybridized carbons (Fsp3) is 0.133. The van der Waals surface area contributed by atoms with Gasteiger partial charge in [-0.05, 0) is 48.9 Å². The molecule has 0 atom stereocenters. The Morgan fingerprint density at radius 2 is 1.53 bits per heavy atom. The molecule has 5 nitrogen and oxygen atoms in total. The van der Waals surface area contributed by atoms with Crippen molar-refractivity contribution in [2.45, 2.75) is 20.1 Å². The first-order valence-corrected chi connectivity index (χ1v) is 12.0. The molecule has 1 amide bonds. The number of hydrogen-bond acceptors (Lipinski definition) is 4. The molecule has 0 aromatic heterocycles. The quantitative estimate of drug-likeness (QED) is 0.240. The highest BCUT2D eigenvalue weighted by Gasteiger charge is 2.18. The SMILES string of the molecule is CCOc1ccc(C(=O)Nc2ccc(Cl)cc2C(=O)c2ccccc2)cc1COCc1ccccc1. The van der Waals surface area contributed by atoms with E-state index in [2.05, 4.69) is 5.32 Å². The van der Waals surface area contributed by atoms with Gasteiger partial charge in [0.1, 0.15) is 5.75 Å². The standard InChI is InChI=1S/C30H26ClNO4/c1-2-36-28-16-13-23(17-24(28)20-35-19-21-9-5-3-6-10-21)30(34)32-27-15-14-25(31)18-26(27)29(33)22-11-7-4-8-12-22/h3-18H,2,19-20H2,1H3,(H,32,34). The van der Waals surface area contributed by atoms with E-state index in [4.69, 9.17) is 21.1 Å². The van der Waals surface area contributed by atoms with Gasteiger partial charge in [-0.25, -0.2) is 0 Å². The van der Waals surface area contributed by atoms with Crippen molar-refractivity contribution in [2.75, 3.05) is 11.9 Å². The zero-order valence-electron chi connectivity index (χ0n) is 19.9. The minimum absolute atomic E-state index is 0.227. The van der Waals surface area contributed by atoms with Gasteiger partial charge in [-0.1, -0.05) is 72.3 Å². The monoisotopic (exact) mass is 499 g/mol. The zero-order valence-corrected chi connectivity index (χ0v) is 20.6. The molecule has 0 aliphatic heterocycles. The van der Waals surface area contributed by atoms with Crippen LogP contribution in [0.25, 0.3) is 0 Å². The summed E-state index contributed by atoms with van der Waals surface area (Å²) in [4.78, 5) is 26.3. The van der Waals surface area contributed by atoms with Gasteiger partial charge in [0, 0.05) is 27.3 Å². The Balaban J connectivity index is 1.54. The molecular weight excluding hydrogens is 474 g/mol. The fourth-order valence-corrected chi connectivity index (χ4v) is 3.91. The number of benzene rings is 4. The smallest absolute Gasteiger partial charge is 0.255 e. The third kappa shape index (κ3) is 6.39. The number of ether oxygens (including phenoxy) is 2. The molecule has 182 valence electrons. The molecular formula is C30H26ClNO4. The third-order valence-electron chi connectivity index (χ3n) is 5.50. The number of ketones is 1. The lowest BCUT2D eigenvalue weighted by Crippen LogP contribution is -2.16. The summed E-state index contributed by atoms with van der Waals surface area (Å²) in [6.45, 7) is 3.12. The molecule has 0 spiro atoms. The lowest BCUT2D eigenvalue weighted by molar-refractivity contribution is 0.101. The Bertz CT molecular complexity index is 1340. The summed E-state index contributed by atoms with van der Waals surface area (Å²) in [5.41, 5.74) is 3.45. The van der Waals surface area contributed by atoms with Crippen molar-refractivity contribution in [1.29, 1.82) is 0 Å². The third-order valence-corrected chi connectivity index (χ3v) is 5.74. The Morgan fingerprint density at radius 3 is 2.25 bits per heavy atom. The van der Waals surface area contributed by atoms with Crippen molar-refractivity contribution in [3.8, 4) is 5.75 Å². The first-order chi connectivity index (χ1) is 17.5. The molecule has 0 heterocycles. The highest BCUT2D eigenvalue weighted by molar-refractivity contribution is 6.31. The summed E-state index contributed by atoms with van der Waals surface area (Å²) in [6.07, 6.45) is 0. The summed E-state index contributed by atoms with van der Waals surface area (Å²) in [5, 5.41) is 3.27. The van der Waals surface area contributed by atoms with Crippen molar-refractivity contribution in [1.82, 2.24) is 0 Å². The molecule has 1 N–H and O–H groups in total. The van der Waals surface area contributed by atoms with E-state index >= 15 is 0 Å². The lowest BCUT2D eigenvalue weighted by atomic mass is 10.0. The van der Waals surface area contributed by atoms with Crippen LogP contribution < -0.4 is 10.1 Å². The van der Waals surface area contributed by atoms with Crippen molar-refractivity contribution in [2.24, 2.45) is 0 Å². The van der Waals surface area contributed by atoms with Crippen LogP contribution in [-0.4, -0.2) is 18.3 Å². The Labute approximate surface area is 215 Å². The molecule has 0 bridgehead atoms. The van der Waals surface area contributed by atoms with E-state index in [1.54, 1.807) is 60.7 Å². The number of carbonyl (C=O) groups excluding carboxylic acids is 2. The van der Waals surface area contributed by atoms with Gasteiger partial charge in [-0.3, -0.25) is 9.59 Å². The van der Waals surface area contributed by atoms with Crippen LogP contribution in [0, 0.1) is 0 Å². The topological polar surface area (TPSA) is 64.6 Å². The van der Waals surface area contributed by atoms with Gasteiger partial charge in [0.2, 0.25) is 0 Å². The van der Waals surface area contributed by atoms with E-state index in [9.17, 15) is 9.59 Å². The number of halogens is 1. The minimum Gasteiger partial charge on any atom is -0.494 e. The first-order valence-electron chi connectivity index (χ1n) is 11.6. The van der Waals surface area contributed by atoms with E-state index in [0.717, 1.165) is 11.1 Å². The molecule has 4 aromatic carbocycles. The van der Waals surface area contributed by atoms with E-state index in [-0.39, 0.29) is 18.3 Å². The molecule has 0 fully saturated rings. The molecule has 0 aliphatic carbocycles. The number of carbonyl (C=O) groups is 2. The molecule has 6 heteroatoms. The Hall–Kier alpha value is -3.93. The summed E-state index contributed by atoms with van der Waals surface area (Å²) < 4.78 is 11.6. The van der Waals surface area contributed by atoms with E-state index in [0.29, 0.717) is 46.4 Å². The van der Waals surface area contributed by atoms with E-state index in [1.807, 2.05) is 43.3 Å². The molecule has 0 aliphatic rings. The highest BCUT2D eigenvalue weighted by atomic mass is 35.5. The molecule has 4 rings (SSSR count). The van der Waals surface area contributed by atoms with Crippen molar-refractivity contribution in [3.63, 3.8) is 0 Å². The van der Waals surface area contributed by atoms with Gasteiger partial charge in [-0.15, -0.1) is 0 Å². The van der Waals surface area contributed by atoms with Gasteiger partial charge in [0.25, 0.3) is 5.91 Å². The number of anilines is 1. The summed E-state index contributed by atoms with van der Waals surface area (Å²) in [7, 11) is 0. The van der Waals surface area contributed by atoms with Crippen LogP contribution in [0.1, 0.15) is 44.3 Å². The van der Waals surface area contributed by atoms with Crippen LogP contribution in [0.2, 0.25) is 5.02 Å². The van der Waals surface area contributed by atoms with Crippen molar-refractivity contribution >= 4 is 29.0 Å². The highest BCUT2D eigenvalue weighted by Crippen LogP contribution is 2.26. The van der Waals surface area contributed by atoms with Crippen LogP contribution in [-0.2, 0) is 18.0 Å². The van der Waals surface area contributed by atoms with Crippen LogP contribution >= 0.6 is 11.6 Å². The predicted molar refractivity (Wildman–Crippen MR) is 142 cm³/mol. The maximum absolute atomic E-state index is 13.2. The average Bonchev–Trinajstić information content (AvgIpc) is 2.91. The lowest BCUT2D eigenvalue weighted by Gasteiger charge is -2.14. The molecule has 0 unspecified atom stereocenters. The van der Waals surface area contributed by atoms with Crippen LogP contribution in [0.3, 0.4) is 0 Å². The predicted octanol–water partition coefficient (Wildman–Crippen LogP) is 6.94. The van der Waals surface area contributed by atoms with Crippen molar-refractivity contribution < 1.29 is 19.1 Å². The maximum atomic E-state index is 13.2. The summed E-state index contributed by atoms with van der Waals surface area (Å²) in [6, 6.07) is 28.8. The van der Waals surface area contributed by atoms with Gasteiger partial charge < -0.3 is 14.8 Å². The van der Waals surface area contributed by atoms with Crippen LogP contribution in [0.15, 0.2) is 97.1 Å². The Kier molecular flexibility index (Phi) is 8.50. The zero-order chi connectivity index (χ0) is 25.3. The summed E-state index contributed by atoms with van der Waals surface area (Å²) in [5.74, 6) is 0.0791. The fourth-order valence-electron chi connectivity index (χ4n) is 3.74. The molecule has 0 saturated carbocycles. The van der Waals surface area contributed by atoms with Gasteiger partial charge >= 0.3 is 0 Å². The van der Waals surface area contributed by atoms with Crippen LogP contribution in [0.4, 0.5) is 5.69 Å². The van der Waals surface area contributed by atoms with E-state index in [1.165, 1.54) is 0 Å². The number of hydrogen-bond donors (Lipinski definition) is 1. The second-order valence-corrected chi connectivity index (χ2v) is 8.51. The van der Waals surface area contributed by atoms with Gasteiger partial charge in [0.15, 0.2) is 5.78 Å². The normalized spacial score (nSPS) is 10.6. The molecule has 0 saturated heterocycles. The van der Waals surface area contributed by atoms with Gasteiger partial charge in [0.05, 0.1) is 25.5 Å². The second-order valence-electron chi connectivity index (χ2n) is 8.07. The Morgan fingerprint density at radius 1 is 0.806 bits per heavy atom. The molecule has 0 radical (unpaired) electrons. The summed E-state index contributed by atoms with van der Waals surface area (Å²) >= 11 is 6.17. The largest absolute Gasteiger partial charge is 0.494 e.